The van der Waals surface area contributed by atoms with Crippen LogP contribution in [0, 0.1) is 10.1 Å². The van der Waals surface area contributed by atoms with E-state index in [2.05, 4.69) is 10.3 Å². The number of rotatable bonds is 8. The molecular weight excluding hydrogens is 408 g/mol. The van der Waals surface area contributed by atoms with Crippen molar-refractivity contribution in [3.8, 4) is 5.75 Å². The number of para-hydroxylation sites is 1. The Morgan fingerprint density at radius 1 is 1.16 bits per heavy atom. The number of methoxy groups -OCH3 is 1. The van der Waals surface area contributed by atoms with Crippen LogP contribution in [0.2, 0.25) is 0 Å². The molecule has 0 aliphatic rings. The van der Waals surface area contributed by atoms with Crippen molar-refractivity contribution in [2.45, 2.75) is 5.92 Å². The van der Waals surface area contributed by atoms with Gasteiger partial charge in [0.05, 0.1) is 12.0 Å². The first-order chi connectivity index (χ1) is 15.5. The summed E-state index contributed by atoms with van der Waals surface area (Å²) in [6.45, 7) is 0.394. The molecule has 4 aromatic rings. The number of nitro benzene ring substituents is 1. The third-order valence-electron chi connectivity index (χ3n) is 5.49. The molecule has 1 atom stereocenters. The quantitative estimate of drug-likeness (QED) is 0.282. The van der Waals surface area contributed by atoms with Crippen LogP contribution in [0.25, 0.3) is 10.9 Å². The molecule has 4 rings (SSSR count). The number of hydrogen-bond acceptors (Lipinski definition) is 5. The van der Waals surface area contributed by atoms with Crippen LogP contribution in [0.4, 0.5) is 11.4 Å². The predicted molar refractivity (Wildman–Crippen MR) is 123 cm³/mol. The van der Waals surface area contributed by atoms with Gasteiger partial charge in [-0.2, -0.15) is 0 Å². The van der Waals surface area contributed by atoms with Gasteiger partial charge in [0.25, 0.3) is 5.69 Å². The van der Waals surface area contributed by atoms with Gasteiger partial charge in [0.15, 0.2) is 0 Å². The molecule has 0 spiro atoms. The summed E-state index contributed by atoms with van der Waals surface area (Å²) in [7, 11) is 1.61. The van der Waals surface area contributed by atoms with Crippen LogP contribution in [0.15, 0.2) is 72.9 Å². The van der Waals surface area contributed by atoms with E-state index >= 15 is 0 Å². The summed E-state index contributed by atoms with van der Waals surface area (Å²) in [6.07, 6.45) is 1.96. The number of nitro groups is 1. The minimum atomic E-state index is -0.713. The molecule has 0 bridgehead atoms. The third-order valence-corrected chi connectivity index (χ3v) is 5.49. The fourth-order valence-electron chi connectivity index (χ4n) is 3.82. The first-order valence-electron chi connectivity index (χ1n) is 10.00. The average Bonchev–Trinajstić information content (AvgIpc) is 3.23. The lowest BCUT2D eigenvalue weighted by Gasteiger charge is -2.19. The van der Waals surface area contributed by atoms with Crippen LogP contribution in [0.1, 0.15) is 27.4 Å². The van der Waals surface area contributed by atoms with Gasteiger partial charge in [-0.05, 0) is 41.5 Å². The molecule has 0 aliphatic carbocycles. The van der Waals surface area contributed by atoms with E-state index in [1.54, 1.807) is 7.11 Å². The van der Waals surface area contributed by atoms with Gasteiger partial charge in [-0.25, -0.2) is 0 Å². The number of fused-ring (bicyclic) bond motifs is 1. The Kier molecular flexibility index (Phi) is 5.76. The highest BCUT2D eigenvalue weighted by molar-refractivity contribution is 5.94. The van der Waals surface area contributed by atoms with Crippen molar-refractivity contribution in [2.24, 2.45) is 5.73 Å². The molecule has 0 fully saturated rings. The Hall–Kier alpha value is -4.33. The zero-order chi connectivity index (χ0) is 22.7. The first-order valence-corrected chi connectivity index (χ1v) is 10.00. The molecule has 1 aromatic heterocycles. The molecule has 3 aromatic carbocycles. The number of benzene rings is 3. The lowest BCUT2D eigenvalue weighted by atomic mass is 9.90. The summed E-state index contributed by atoms with van der Waals surface area (Å²) in [5.74, 6) is -0.0703. The number of nitrogens with two attached hydrogens (primary N) is 1. The summed E-state index contributed by atoms with van der Waals surface area (Å²) in [5, 5.41) is 15.9. The Morgan fingerprint density at radius 3 is 2.59 bits per heavy atom. The van der Waals surface area contributed by atoms with Gasteiger partial charge in [-0.3, -0.25) is 14.9 Å². The minimum absolute atomic E-state index is 0.0885. The largest absolute Gasteiger partial charge is 0.497 e. The highest BCUT2D eigenvalue weighted by Gasteiger charge is 2.21. The monoisotopic (exact) mass is 430 g/mol. The number of primary amides is 1. The highest BCUT2D eigenvalue weighted by Crippen LogP contribution is 2.33. The molecule has 162 valence electrons. The number of ether oxygens (including phenoxy) is 1. The minimum Gasteiger partial charge on any atom is -0.497 e. The van der Waals surface area contributed by atoms with Crippen molar-refractivity contribution in [1.82, 2.24) is 4.98 Å². The van der Waals surface area contributed by atoms with Crippen LogP contribution < -0.4 is 15.8 Å². The van der Waals surface area contributed by atoms with Gasteiger partial charge < -0.3 is 20.8 Å². The molecule has 8 heteroatoms. The second kappa shape index (κ2) is 8.81. The Labute approximate surface area is 184 Å². The van der Waals surface area contributed by atoms with Gasteiger partial charge in [0.2, 0.25) is 5.91 Å². The normalized spacial score (nSPS) is 11.8. The lowest BCUT2D eigenvalue weighted by Crippen LogP contribution is -2.16. The maximum absolute atomic E-state index is 11.6. The lowest BCUT2D eigenvalue weighted by molar-refractivity contribution is -0.384. The topological polar surface area (TPSA) is 123 Å². The first kappa shape index (κ1) is 20.9. The summed E-state index contributed by atoms with van der Waals surface area (Å²) in [6, 6.07) is 19.9. The van der Waals surface area contributed by atoms with Gasteiger partial charge >= 0.3 is 0 Å². The number of aromatic amines is 1. The molecule has 0 saturated heterocycles. The van der Waals surface area contributed by atoms with Crippen LogP contribution in [0.3, 0.4) is 0 Å². The number of H-pyrrole nitrogens is 1. The standard InChI is InChI=1S/C24H22N4O4/c1-32-17-9-6-15(7-10-17)19(20-14-26-21-5-3-2-4-18(20)21)13-27-22-11-8-16(24(25)29)12-23(22)28(30)31/h2-12,14,19,26-27H,13H2,1H3,(H2,25,29). The summed E-state index contributed by atoms with van der Waals surface area (Å²) in [4.78, 5) is 25.8. The zero-order valence-electron chi connectivity index (χ0n) is 17.4. The fraction of sp³-hybridized carbons (Fsp3) is 0.125. The number of nitrogens with zero attached hydrogens (tertiary/aromatic N) is 1. The summed E-state index contributed by atoms with van der Waals surface area (Å²) in [5.41, 5.74) is 8.59. The molecule has 0 aliphatic heterocycles. The molecule has 32 heavy (non-hydrogen) atoms. The molecule has 0 saturated carbocycles. The average molecular weight is 430 g/mol. The number of carbonyl (C=O) groups excluding carboxylic acids is 1. The molecule has 1 amide bonds. The Bertz CT molecular complexity index is 1280. The van der Waals surface area contributed by atoms with Gasteiger partial charge in [-0.1, -0.05) is 30.3 Å². The number of anilines is 1. The van der Waals surface area contributed by atoms with Crippen LogP contribution in [-0.2, 0) is 0 Å². The molecule has 1 unspecified atom stereocenters. The van der Waals surface area contributed by atoms with Crippen LogP contribution >= 0.6 is 0 Å². The molecule has 0 radical (unpaired) electrons. The van der Waals surface area contributed by atoms with Crippen molar-refractivity contribution >= 4 is 28.2 Å². The maximum Gasteiger partial charge on any atom is 0.293 e. The number of amides is 1. The van der Waals surface area contributed by atoms with Crippen molar-refractivity contribution < 1.29 is 14.5 Å². The number of hydrogen-bond donors (Lipinski definition) is 3. The second-order valence-corrected chi connectivity index (χ2v) is 7.35. The Balaban J connectivity index is 1.71. The van der Waals surface area contributed by atoms with Crippen molar-refractivity contribution in [1.29, 1.82) is 0 Å². The predicted octanol–water partition coefficient (Wildman–Crippen LogP) is 4.43. The molecule has 4 N–H and O–H groups in total. The van der Waals surface area contributed by atoms with E-state index in [9.17, 15) is 14.9 Å². The van der Waals surface area contributed by atoms with E-state index in [1.165, 1.54) is 18.2 Å². The maximum atomic E-state index is 11.6. The number of nitrogens with one attached hydrogen (secondary N) is 2. The smallest absolute Gasteiger partial charge is 0.293 e. The SMILES string of the molecule is COc1ccc(C(CNc2ccc(C(N)=O)cc2[N+](=O)[O-])c2c[nH]c3ccccc23)cc1. The van der Waals surface area contributed by atoms with Crippen molar-refractivity contribution in [3.05, 3.63) is 99.7 Å². The third kappa shape index (κ3) is 4.11. The van der Waals surface area contributed by atoms with Crippen LogP contribution in [0.5, 0.6) is 5.75 Å². The van der Waals surface area contributed by atoms with E-state index in [4.69, 9.17) is 10.5 Å². The van der Waals surface area contributed by atoms with E-state index in [0.29, 0.717) is 12.2 Å². The molecular formula is C24H22N4O4. The van der Waals surface area contributed by atoms with E-state index in [-0.39, 0.29) is 17.2 Å². The van der Waals surface area contributed by atoms with E-state index in [0.717, 1.165) is 27.8 Å². The van der Waals surface area contributed by atoms with Gasteiger partial charge in [-0.15, -0.1) is 0 Å². The van der Waals surface area contributed by atoms with Gasteiger partial charge in [0.1, 0.15) is 11.4 Å². The highest BCUT2D eigenvalue weighted by atomic mass is 16.6. The fourth-order valence-corrected chi connectivity index (χ4v) is 3.82. The van der Waals surface area contributed by atoms with E-state index in [1.807, 2.05) is 54.7 Å². The van der Waals surface area contributed by atoms with Crippen LogP contribution in [-0.4, -0.2) is 29.5 Å². The molecule has 8 nitrogen and oxygen atoms in total. The van der Waals surface area contributed by atoms with Crippen molar-refractivity contribution in [3.63, 3.8) is 0 Å². The zero-order valence-corrected chi connectivity index (χ0v) is 17.4. The summed E-state index contributed by atoms with van der Waals surface area (Å²) >= 11 is 0. The summed E-state index contributed by atoms with van der Waals surface area (Å²) < 4.78 is 5.28. The number of carbonyl (C=O) groups is 1. The Morgan fingerprint density at radius 2 is 1.91 bits per heavy atom. The van der Waals surface area contributed by atoms with Gasteiger partial charge in [0, 0.05) is 41.2 Å². The second-order valence-electron chi connectivity index (χ2n) is 7.35. The van der Waals surface area contributed by atoms with E-state index < -0.39 is 10.8 Å². The molecule has 1 heterocycles. The number of aromatic nitrogens is 1. The van der Waals surface area contributed by atoms with Crippen molar-refractivity contribution in [2.75, 3.05) is 19.0 Å².